The molecular weight excluding hydrogens is 298 g/mol. The number of hydrogen-bond acceptors (Lipinski definition) is 5. The Hall–Kier alpha value is -1.95. The number of benzene rings is 1. The summed E-state index contributed by atoms with van der Waals surface area (Å²) in [6, 6.07) is 3.28. The molecule has 1 rings (SSSR count). The first-order valence-electron chi connectivity index (χ1n) is 6.34. The van der Waals surface area contributed by atoms with Crippen molar-refractivity contribution in [3.05, 3.63) is 22.7 Å². The van der Waals surface area contributed by atoms with Gasteiger partial charge in [0.25, 0.3) is 0 Å². The van der Waals surface area contributed by atoms with Crippen LogP contribution in [0.1, 0.15) is 18.9 Å². The lowest BCUT2D eigenvalue weighted by Gasteiger charge is -2.12. The first kappa shape index (κ1) is 17.1. The molecule has 7 heteroatoms. The van der Waals surface area contributed by atoms with Gasteiger partial charge in [0.1, 0.15) is 6.42 Å². The average Bonchev–Trinajstić information content (AvgIpc) is 2.45. The number of hydrogen-bond donors (Lipinski definition) is 1. The lowest BCUT2D eigenvalue weighted by Crippen LogP contribution is -2.26. The third-order valence-electron chi connectivity index (χ3n) is 2.64. The molecule has 0 saturated heterocycles. The zero-order chi connectivity index (χ0) is 15.8. The Labute approximate surface area is 128 Å². The number of ether oxygens (including phenoxy) is 3. The standard InChI is InChI=1S/C14H18ClNO5/c1-4-21-14(18)7-13(17)16-8-9-5-11(19-2)12(20-3)6-10(9)15/h5-6H,4,7-8H2,1-3H3,(H,16,17). The summed E-state index contributed by atoms with van der Waals surface area (Å²) in [5, 5.41) is 3.03. The third kappa shape index (κ3) is 5.15. The molecule has 21 heavy (non-hydrogen) atoms. The lowest BCUT2D eigenvalue weighted by molar-refractivity contribution is -0.146. The van der Waals surface area contributed by atoms with Crippen LogP contribution in [0, 0.1) is 0 Å². The molecule has 1 aromatic carbocycles. The van der Waals surface area contributed by atoms with Crippen molar-refractivity contribution in [2.24, 2.45) is 0 Å². The molecule has 0 unspecified atom stereocenters. The number of rotatable bonds is 7. The Morgan fingerprint density at radius 3 is 2.38 bits per heavy atom. The minimum Gasteiger partial charge on any atom is -0.493 e. The molecule has 116 valence electrons. The van der Waals surface area contributed by atoms with Gasteiger partial charge in [-0.3, -0.25) is 9.59 Å². The molecular formula is C14H18ClNO5. The summed E-state index contributed by atoms with van der Waals surface area (Å²) in [6.45, 7) is 2.10. The fraction of sp³-hybridized carbons (Fsp3) is 0.429. The van der Waals surface area contributed by atoms with E-state index in [4.69, 9.17) is 25.8 Å². The van der Waals surface area contributed by atoms with Crippen LogP contribution in [0.4, 0.5) is 0 Å². The Balaban J connectivity index is 2.67. The van der Waals surface area contributed by atoms with Gasteiger partial charge in [0.05, 0.1) is 20.8 Å². The van der Waals surface area contributed by atoms with E-state index >= 15 is 0 Å². The van der Waals surface area contributed by atoms with E-state index in [1.807, 2.05) is 0 Å². The first-order valence-corrected chi connectivity index (χ1v) is 6.72. The normalized spacial score (nSPS) is 9.90. The van der Waals surface area contributed by atoms with Crippen molar-refractivity contribution in [2.45, 2.75) is 19.9 Å². The van der Waals surface area contributed by atoms with Crippen molar-refractivity contribution in [2.75, 3.05) is 20.8 Å². The van der Waals surface area contributed by atoms with Gasteiger partial charge in [-0.2, -0.15) is 0 Å². The SMILES string of the molecule is CCOC(=O)CC(=O)NCc1cc(OC)c(OC)cc1Cl. The molecule has 0 radical (unpaired) electrons. The van der Waals surface area contributed by atoms with Gasteiger partial charge in [-0.15, -0.1) is 0 Å². The number of methoxy groups -OCH3 is 2. The van der Waals surface area contributed by atoms with E-state index in [1.165, 1.54) is 14.2 Å². The monoisotopic (exact) mass is 315 g/mol. The van der Waals surface area contributed by atoms with E-state index in [0.29, 0.717) is 22.1 Å². The first-order chi connectivity index (χ1) is 10.0. The van der Waals surface area contributed by atoms with Crippen molar-refractivity contribution in [3.8, 4) is 11.5 Å². The molecule has 1 N–H and O–H groups in total. The number of esters is 1. The second-order valence-corrected chi connectivity index (χ2v) is 4.46. The fourth-order valence-electron chi connectivity index (χ4n) is 1.63. The van der Waals surface area contributed by atoms with Crippen LogP contribution in [0.25, 0.3) is 0 Å². The van der Waals surface area contributed by atoms with Crippen LogP contribution >= 0.6 is 11.6 Å². The van der Waals surface area contributed by atoms with Gasteiger partial charge < -0.3 is 19.5 Å². The number of halogens is 1. The topological polar surface area (TPSA) is 73.9 Å². The summed E-state index contributed by atoms with van der Waals surface area (Å²) in [4.78, 5) is 22.7. The molecule has 0 aromatic heterocycles. The molecule has 0 bridgehead atoms. The minimum atomic E-state index is -0.562. The number of nitrogens with one attached hydrogen (secondary N) is 1. The zero-order valence-electron chi connectivity index (χ0n) is 12.2. The van der Waals surface area contributed by atoms with Crippen molar-refractivity contribution in [1.29, 1.82) is 0 Å². The van der Waals surface area contributed by atoms with Gasteiger partial charge in [-0.25, -0.2) is 0 Å². The van der Waals surface area contributed by atoms with Crippen LogP contribution in [-0.4, -0.2) is 32.7 Å². The summed E-state index contributed by atoms with van der Waals surface area (Å²) in [5.74, 6) is 0.0216. The largest absolute Gasteiger partial charge is 0.493 e. The fourth-order valence-corrected chi connectivity index (χ4v) is 1.85. The molecule has 0 fully saturated rings. The molecule has 0 heterocycles. The molecule has 1 aromatic rings. The van der Waals surface area contributed by atoms with E-state index in [0.717, 1.165) is 0 Å². The molecule has 0 aliphatic carbocycles. The quantitative estimate of drug-likeness (QED) is 0.615. The van der Waals surface area contributed by atoms with Gasteiger partial charge in [0, 0.05) is 17.6 Å². The highest BCUT2D eigenvalue weighted by molar-refractivity contribution is 6.31. The van der Waals surface area contributed by atoms with Gasteiger partial charge >= 0.3 is 5.97 Å². The highest BCUT2D eigenvalue weighted by Crippen LogP contribution is 2.32. The third-order valence-corrected chi connectivity index (χ3v) is 2.99. The summed E-state index contributed by atoms with van der Waals surface area (Å²) in [6.07, 6.45) is -0.321. The van der Waals surface area contributed by atoms with E-state index in [1.54, 1.807) is 19.1 Å². The summed E-state index contributed by atoms with van der Waals surface area (Å²) >= 11 is 6.10. The Bertz CT molecular complexity index is 518. The molecule has 0 spiro atoms. The molecule has 1 amide bonds. The molecule has 6 nitrogen and oxygen atoms in total. The summed E-state index contributed by atoms with van der Waals surface area (Å²) in [7, 11) is 3.02. The van der Waals surface area contributed by atoms with Crippen LogP contribution in [-0.2, 0) is 20.9 Å². The second kappa shape index (κ2) is 8.36. The molecule has 0 aliphatic rings. The highest BCUT2D eigenvalue weighted by atomic mass is 35.5. The smallest absolute Gasteiger partial charge is 0.315 e. The van der Waals surface area contributed by atoms with Crippen molar-refractivity contribution in [3.63, 3.8) is 0 Å². The number of carbonyl (C=O) groups excluding carboxylic acids is 2. The van der Waals surface area contributed by atoms with Crippen LogP contribution < -0.4 is 14.8 Å². The van der Waals surface area contributed by atoms with Gasteiger partial charge in [-0.05, 0) is 18.6 Å². The van der Waals surface area contributed by atoms with Gasteiger partial charge in [0.2, 0.25) is 5.91 Å². The number of carbonyl (C=O) groups is 2. The van der Waals surface area contributed by atoms with Crippen molar-refractivity contribution in [1.82, 2.24) is 5.32 Å². The highest BCUT2D eigenvalue weighted by Gasteiger charge is 2.13. The summed E-state index contributed by atoms with van der Waals surface area (Å²) in [5.41, 5.74) is 0.659. The molecule has 0 aliphatic heterocycles. The molecule has 0 saturated carbocycles. The van der Waals surface area contributed by atoms with E-state index in [-0.39, 0.29) is 19.6 Å². The van der Waals surface area contributed by atoms with Crippen LogP contribution in [0.3, 0.4) is 0 Å². The second-order valence-electron chi connectivity index (χ2n) is 4.06. The maximum Gasteiger partial charge on any atom is 0.315 e. The van der Waals surface area contributed by atoms with E-state index < -0.39 is 11.9 Å². The Kier molecular flexibility index (Phi) is 6.81. The number of amides is 1. The predicted octanol–water partition coefficient (Wildman–Crippen LogP) is 1.93. The Morgan fingerprint density at radius 2 is 1.81 bits per heavy atom. The Morgan fingerprint density at radius 1 is 1.19 bits per heavy atom. The molecule has 0 atom stereocenters. The van der Waals surface area contributed by atoms with E-state index in [2.05, 4.69) is 5.32 Å². The van der Waals surface area contributed by atoms with Crippen molar-refractivity contribution < 1.29 is 23.8 Å². The van der Waals surface area contributed by atoms with Crippen LogP contribution in [0.15, 0.2) is 12.1 Å². The van der Waals surface area contributed by atoms with Crippen LogP contribution in [0.5, 0.6) is 11.5 Å². The predicted molar refractivity (Wildman–Crippen MR) is 77.7 cm³/mol. The maximum atomic E-state index is 11.6. The van der Waals surface area contributed by atoms with E-state index in [9.17, 15) is 9.59 Å². The van der Waals surface area contributed by atoms with Gasteiger partial charge in [-0.1, -0.05) is 11.6 Å². The zero-order valence-corrected chi connectivity index (χ0v) is 13.0. The average molecular weight is 316 g/mol. The lowest BCUT2D eigenvalue weighted by atomic mass is 10.2. The van der Waals surface area contributed by atoms with Crippen LogP contribution in [0.2, 0.25) is 5.02 Å². The summed E-state index contributed by atoms with van der Waals surface area (Å²) < 4.78 is 15.0. The maximum absolute atomic E-state index is 11.6. The van der Waals surface area contributed by atoms with Crippen molar-refractivity contribution >= 4 is 23.5 Å². The van der Waals surface area contributed by atoms with Gasteiger partial charge in [0.15, 0.2) is 11.5 Å². The minimum absolute atomic E-state index is 0.178.